The molecule has 2 rings (SSSR count). The molecule has 14 heavy (non-hydrogen) atoms. The summed E-state index contributed by atoms with van der Waals surface area (Å²) in [6.45, 7) is 3.33. The SMILES string of the molecule is CCNC1CC2CCC(C1)N2N(C)C. The van der Waals surface area contributed by atoms with E-state index in [-0.39, 0.29) is 0 Å². The number of nitrogens with zero attached hydrogens (tertiary/aromatic N) is 2. The Balaban J connectivity index is 1.97. The Morgan fingerprint density at radius 3 is 2.21 bits per heavy atom. The summed E-state index contributed by atoms with van der Waals surface area (Å²) in [5, 5.41) is 8.49. The summed E-state index contributed by atoms with van der Waals surface area (Å²) in [5.41, 5.74) is 0. The van der Waals surface area contributed by atoms with Crippen LogP contribution in [0.4, 0.5) is 0 Å². The molecule has 0 amide bonds. The van der Waals surface area contributed by atoms with Gasteiger partial charge in [-0.05, 0) is 32.2 Å². The van der Waals surface area contributed by atoms with E-state index in [9.17, 15) is 0 Å². The van der Waals surface area contributed by atoms with Gasteiger partial charge in [0.15, 0.2) is 0 Å². The summed E-state index contributed by atoms with van der Waals surface area (Å²) in [4.78, 5) is 0. The summed E-state index contributed by atoms with van der Waals surface area (Å²) in [6, 6.07) is 2.37. The van der Waals surface area contributed by atoms with Gasteiger partial charge in [-0.15, -0.1) is 0 Å². The molecule has 2 saturated heterocycles. The molecule has 0 radical (unpaired) electrons. The highest BCUT2D eigenvalue weighted by Crippen LogP contribution is 2.35. The highest BCUT2D eigenvalue weighted by Gasteiger charge is 2.41. The third-order valence-electron chi connectivity index (χ3n) is 3.65. The molecule has 0 aromatic heterocycles. The van der Waals surface area contributed by atoms with Crippen molar-refractivity contribution in [3.63, 3.8) is 0 Å². The Bertz CT molecular complexity index is 179. The first-order chi connectivity index (χ1) is 6.72. The van der Waals surface area contributed by atoms with Crippen molar-refractivity contribution in [2.24, 2.45) is 0 Å². The molecule has 2 atom stereocenters. The predicted molar refractivity (Wildman–Crippen MR) is 59.0 cm³/mol. The molecule has 2 bridgehead atoms. The smallest absolute Gasteiger partial charge is 0.0264 e. The zero-order chi connectivity index (χ0) is 10.1. The van der Waals surface area contributed by atoms with Crippen molar-refractivity contribution < 1.29 is 0 Å². The lowest BCUT2D eigenvalue weighted by atomic mass is 9.99. The average Bonchev–Trinajstić information content (AvgIpc) is 2.39. The van der Waals surface area contributed by atoms with Crippen molar-refractivity contribution in [3.05, 3.63) is 0 Å². The van der Waals surface area contributed by atoms with Crippen molar-refractivity contribution in [2.75, 3.05) is 20.6 Å². The third kappa shape index (κ3) is 1.81. The fraction of sp³-hybridized carbons (Fsp3) is 1.00. The number of piperidine rings is 1. The van der Waals surface area contributed by atoms with Crippen LogP contribution in [0.15, 0.2) is 0 Å². The number of hydrogen-bond donors (Lipinski definition) is 1. The monoisotopic (exact) mass is 197 g/mol. The van der Waals surface area contributed by atoms with Crippen LogP contribution in [-0.4, -0.2) is 48.8 Å². The molecule has 2 heterocycles. The second kappa shape index (κ2) is 4.17. The lowest BCUT2D eigenvalue weighted by Crippen LogP contribution is -2.53. The quantitative estimate of drug-likeness (QED) is 0.730. The van der Waals surface area contributed by atoms with Gasteiger partial charge in [0.2, 0.25) is 0 Å². The van der Waals surface area contributed by atoms with Crippen LogP contribution in [0.5, 0.6) is 0 Å². The third-order valence-corrected chi connectivity index (χ3v) is 3.65. The zero-order valence-electron chi connectivity index (χ0n) is 9.66. The maximum Gasteiger partial charge on any atom is 0.0264 e. The van der Waals surface area contributed by atoms with Gasteiger partial charge >= 0.3 is 0 Å². The van der Waals surface area contributed by atoms with Crippen molar-refractivity contribution in [2.45, 2.75) is 50.7 Å². The van der Waals surface area contributed by atoms with E-state index in [0.29, 0.717) is 0 Å². The Morgan fingerprint density at radius 2 is 1.79 bits per heavy atom. The zero-order valence-corrected chi connectivity index (χ0v) is 9.66. The van der Waals surface area contributed by atoms with E-state index in [1.54, 1.807) is 0 Å². The van der Waals surface area contributed by atoms with Gasteiger partial charge in [0, 0.05) is 32.2 Å². The van der Waals surface area contributed by atoms with Crippen LogP contribution in [0.1, 0.15) is 32.6 Å². The highest BCUT2D eigenvalue weighted by atomic mass is 15.6. The Morgan fingerprint density at radius 1 is 1.21 bits per heavy atom. The van der Waals surface area contributed by atoms with Crippen LogP contribution in [0.25, 0.3) is 0 Å². The Kier molecular flexibility index (Phi) is 3.10. The van der Waals surface area contributed by atoms with Crippen LogP contribution in [0, 0.1) is 0 Å². The van der Waals surface area contributed by atoms with Crippen LogP contribution in [0.2, 0.25) is 0 Å². The average molecular weight is 197 g/mol. The van der Waals surface area contributed by atoms with Crippen LogP contribution >= 0.6 is 0 Å². The predicted octanol–water partition coefficient (Wildman–Crippen LogP) is 1.07. The minimum absolute atomic E-state index is 0.772. The maximum atomic E-state index is 3.60. The molecule has 0 spiro atoms. The fourth-order valence-corrected chi connectivity index (χ4v) is 3.26. The first-order valence-corrected chi connectivity index (χ1v) is 5.91. The lowest BCUT2D eigenvalue weighted by molar-refractivity contribution is -0.0547. The van der Waals surface area contributed by atoms with E-state index in [2.05, 4.69) is 36.4 Å². The van der Waals surface area contributed by atoms with Gasteiger partial charge in [0.05, 0.1) is 0 Å². The Hall–Kier alpha value is -0.120. The van der Waals surface area contributed by atoms with Gasteiger partial charge < -0.3 is 5.32 Å². The van der Waals surface area contributed by atoms with Crippen molar-refractivity contribution in [1.29, 1.82) is 0 Å². The molecular weight excluding hydrogens is 174 g/mol. The molecule has 1 N–H and O–H groups in total. The topological polar surface area (TPSA) is 18.5 Å². The molecule has 2 fully saturated rings. The number of hydrazine groups is 1. The van der Waals surface area contributed by atoms with Gasteiger partial charge in [0.1, 0.15) is 0 Å². The van der Waals surface area contributed by atoms with Crippen molar-refractivity contribution in [1.82, 2.24) is 15.3 Å². The summed E-state index contributed by atoms with van der Waals surface area (Å²) in [7, 11) is 4.36. The maximum absolute atomic E-state index is 3.60. The van der Waals surface area contributed by atoms with E-state index in [1.807, 2.05) is 0 Å². The molecule has 2 aliphatic rings. The molecule has 3 nitrogen and oxygen atoms in total. The summed E-state index contributed by atoms with van der Waals surface area (Å²) in [6.07, 6.45) is 5.46. The normalized spacial score (nSPS) is 38.1. The fourth-order valence-electron chi connectivity index (χ4n) is 3.26. The number of nitrogens with one attached hydrogen (secondary N) is 1. The van der Waals surface area contributed by atoms with E-state index in [4.69, 9.17) is 0 Å². The van der Waals surface area contributed by atoms with E-state index >= 15 is 0 Å². The van der Waals surface area contributed by atoms with Crippen LogP contribution in [0.3, 0.4) is 0 Å². The Labute approximate surface area is 87.4 Å². The van der Waals surface area contributed by atoms with E-state index in [0.717, 1.165) is 24.7 Å². The largest absolute Gasteiger partial charge is 0.314 e. The summed E-state index contributed by atoms with van der Waals surface area (Å²) >= 11 is 0. The standard InChI is InChI=1S/C11H23N3/c1-4-12-9-7-10-5-6-11(8-9)14(10)13(2)3/h9-12H,4-8H2,1-3H3. The second-order valence-corrected chi connectivity index (χ2v) is 4.84. The minimum Gasteiger partial charge on any atom is -0.314 e. The minimum atomic E-state index is 0.772. The van der Waals surface area contributed by atoms with Gasteiger partial charge in [-0.1, -0.05) is 6.92 Å². The number of rotatable bonds is 3. The second-order valence-electron chi connectivity index (χ2n) is 4.84. The highest BCUT2D eigenvalue weighted by molar-refractivity contribution is 4.95. The van der Waals surface area contributed by atoms with Crippen molar-refractivity contribution in [3.8, 4) is 0 Å². The molecule has 0 aliphatic carbocycles. The lowest BCUT2D eigenvalue weighted by Gasteiger charge is -2.42. The van der Waals surface area contributed by atoms with Gasteiger partial charge in [-0.25, -0.2) is 10.0 Å². The molecule has 2 unspecified atom stereocenters. The van der Waals surface area contributed by atoms with E-state index < -0.39 is 0 Å². The van der Waals surface area contributed by atoms with E-state index in [1.165, 1.54) is 25.7 Å². The molecule has 2 aliphatic heterocycles. The van der Waals surface area contributed by atoms with Crippen LogP contribution in [-0.2, 0) is 0 Å². The molecule has 0 saturated carbocycles. The molecule has 0 aromatic carbocycles. The van der Waals surface area contributed by atoms with Gasteiger partial charge in [-0.3, -0.25) is 0 Å². The summed E-state index contributed by atoms with van der Waals surface area (Å²) < 4.78 is 0. The van der Waals surface area contributed by atoms with Gasteiger partial charge in [-0.2, -0.15) is 0 Å². The molecule has 82 valence electrons. The molecule has 0 aromatic rings. The first-order valence-electron chi connectivity index (χ1n) is 5.91. The summed E-state index contributed by atoms with van der Waals surface area (Å²) in [5.74, 6) is 0. The molecule has 3 heteroatoms. The number of fused-ring (bicyclic) bond motifs is 2. The molecular formula is C11H23N3. The number of hydrogen-bond acceptors (Lipinski definition) is 3. The van der Waals surface area contributed by atoms with Crippen molar-refractivity contribution >= 4 is 0 Å². The first kappa shape index (κ1) is 10.4. The van der Waals surface area contributed by atoms with Gasteiger partial charge in [0.25, 0.3) is 0 Å². The van der Waals surface area contributed by atoms with Crippen LogP contribution < -0.4 is 5.32 Å².